The maximum Gasteiger partial charge on any atom is 0.186 e. The first-order valence-electron chi connectivity index (χ1n) is 9.53. The molecule has 2 aromatic rings. The van der Waals surface area contributed by atoms with Crippen molar-refractivity contribution in [2.24, 2.45) is 4.99 Å². The maximum atomic E-state index is 13.4. The zero-order valence-electron chi connectivity index (χ0n) is 17.6. The molecule has 7 nitrogen and oxygen atoms in total. The zero-order chi connectivity index (χ0) is 21.5. The van der Waals surface area contributed by atoms with Crippen molar-refractivity contribution in [1.29, 1.82) is 0 Å². The Hall–Kier alpha value is -2.87. The van der Waals surface area contributed by atoms with Gasteiger partial charge in [-0.2, -0.15) is 0 Å². The summed E-state index contributed by atoms with van der Waals surface area (Å²) in [5, 5.41) is 0.781. The van der Waals surface area contributed by atoms with E-state index in [4.69, 9.17) is 18.9 Å². The molecule has 30 heavy (non-hydrogen) atoms. The third-order valence-electron chi connectivity index (χ3n) is 4.70. The molecule has 1 aliphatic rings. The number of aliphatic imine (C=N–C) groups is 1. The molecule has 160 valence electrons. The van der Waals surface area contributed by atoms with Gasteiger partial charge in [-0.1, -0.05) is 11.8 Å². The van der Waals surface area contributed by atoms with Gasteiger partial charge in [-0.15, -0.1) is 0 Å². The number of carbonyl (C=O) groups is 1. The molecule has 0 radical (unpaired) electrons. The van der Waals surface area contributed by atoms with Crippen LogP contribution in [0.15, 0.2) is 41.4 Å². The lowest BCUT2D eigenvalue weighted by molar-refractivity contribution is 0.0999. The number of methoxy groups -OCH3 is 4. The van der Waals surface area contributed by atoms with Crippen molar-refractivity contribution in [3.8, 4) is 23.0 Å². The van der Waals surface area contributed by atoms with Gasteiger partial charge < -0.3 is 23.8 Å². The number of carbonyl (C=O) groups excluding carboxylic acids is 1. The average Bonchev–Trinajstić information content (AvgIpc) is 2.82. The molecule has 0 N–H and O–H groups in total. The first-order chi connectivity index (χ1) is 14.6. The van der Waals surface area contributed by atoms with Crippen LogP contribution in [-0.2, 0) is 0 Å². The van der Waals surface area contributed by atoms with Gasteiger partial charge in [0.1, 0.15) is 23.0 Å². The predicted octanol–water partition coefficient (Wildman–Crippen LogP) is 3.90. The minimum absolute atomic E-state index is 0.0683. The molecular weight excluding hydrogens is 404 g/mol. The van der Waals surface area contributed by atoms with Gasteiger partial charge in [0.05, 0.1) is 46.2 Å². The Morgan fingerprint density at radius 3 is 2.23 bits per heavy atom. The minimum Gasteiger partial charge on any atom is -0.497 e. The molecule has 1 aliphatic heterocycles. The van der Waals surface area contributed by atoms with Crippen molar-refractivity contribution in [2.75, 3.05) is 52.2 Å². The van der Waals surface area contributed by atoms with Gasteiger partial charge >= 0.3 is 0 Å². The highest BCUT2D eigenvalue weighted by Crippen LogP contribution is 2.35. The molecule has 0 saturated carbocycles. The molecule has 2 aromatic carbocycles. The van der Waals surface area contributed by atoms with Crippen molar-refractivity contribution >= 4 is 28.4 Å². The van der Waals surface area contributed by atoms with E-state index in [1.54, 1.807) is 58.4 Å². The summed E-state index contributed by atoms with van der Waals surface area (Å²) in [6.45, 7) is 0.792. The first kappa shape index (κ1) is 21.8. The maximum absolute atomic E-state index is 13.4. The highest BCUT2D eigenvalue weighted by molar-refractivity contribution is 8.14. The van der Waals surface area contributed by atoms with Crippen LogP contribution in [0.4, 0.5) is 5.69 Å². The molecule has 8 heteroatoms. The number of hydrogen-bond acceptors (Lipinski definition) is 8. The van der Waals surface area contributed by atoms with Crippen LogP contribution in [0.1, 0.15) is 16.8 Å². The Balaban J connectivity index is 2.03. The van der Waals surface area contributed by atoms with Crippen molar-refractivity contribution in [1.82, 2.24) is 0 Å². The Labute approximate surface area is 181 Å². The van der Waals surface area contributed by atoms with Crippen molar-refractivity contribution in [3.05, 3.63) is 42.0 Å². The standard InChI is InChI=1S/C22H26N2O5S/c1-26-15-6-8-20(28-3)17(12-15)19(25)14-24(22-23-10-5-11-30-22)18-13-16(27-2)7-9-21(18)29-4/h6-9,12-13H,5,10-11,14H2,1-4H3. The summed E-state index contributed by atoms with van der Waals surface area (Å²) in [4.78, 5) is 19.9. The minimum atomic E-state index is -0.121. The zero-order valence-corrected chi connectivity index (χ0v) is 18.5. The normalized spacial score (nSPS) is 13.3. The van der Waals surface area contributed by atoms with Gasteiger partial charge in [0, 0.05) is 18.4 Å². The average molecular weight is 431 g/mol. The molecular formula is C22H26N2O5S. The van der Waals surface area contributed by atoms with Gasteiger partial charge in [-0.3, -0.25) is 9.79 Å². The van der Waals surface area contributed by atoms with Crippen LogP contribution in [0.25, 0.3) is 0 Å². The van der Waals surface area contributed by atoms with Gasteiger partial charge in [0.2, 0.25) is 0 Å². The molecule has 0 amide bonds. The number of amidine groups is 1. The summed E-state index contributed by atoms with van der Waals surface area (Å²) in [6, 6.07) is 10.7. The summed E-state index contributed by atoms with van der Waals surface area (Å²) < 4.78 is 21.7. The number of hydrogen-bond donors (Lipinski definition) is 0. The highest BCUT2D eigenvalue weighted by Gasteiger charge is 2.25. The van der Waals surface area contributed by atoms with E-state index < -0.39 is 0 Å². The molecule has 0 atom stereocenters. The van der Waals surface area contributed by atoms with Crippen LogP contribution < -0.4 is 23.8 Å². The molecule has 0 bridgehead atoms. The largest absolute Gasteiger partial charge is 0.497 e. The fourth-order valence-corrected chi connectivity index (χ4v) is 4.09. The lowest BCUT2D eigenvalue weighted by atomic mass is 10.1. The number of anilines is 1. The first-order valence-corrected chi connectivity index (χ1v) is 10.5. The molecule has 0 unspecified atom stereocenters. The van der Waals surface area contributed by atoms with E-state index in [1.165, 1.54) is 0 Å². The lowest BCUT2D eigenvalue weighted by Gasteiger charge is -2.28. The lowest BCUT2D eigenvalue weighted by Crippen LogP contribution is -2.36. The van der Waals surface area contributed by atoms with E-state index in [2.05, 4.69) is 4.99 Å². The quantitative estimate of drug-likeness (QED) is 0.588. The van der Waals surface area contributed by atoms with Gasteiger partial charge in [-0.25, -0.2) is 0 Å². The smallest absolute Gasteiger partial charge is 0.186 e. The second-order valence-electron chi connectivity index (χ2n) is 6.48. The molecule has 0 fully saturated rings. The Kier molecular flexibility index (Phi) is 7.46. The van der Waals surface area contributed by atoms with E-state index in [1.807, 2.05) is 23.1 Å². The summed E-state index contributed by atoms with van der Waals surface area (Å²) in [7, 11) is 6.32. The van der Waals surface area contributed by atoms with Gasteiger partial charge in [-0.05, 0) is 36.8 Å². The van der Waals surface area contributed by atoms with Crippen molar-refractivity contribution < 1.29 is 23.7 Å². The number of rotatable bonds is 8. The molecule has 0 aromatic heterocycles. The van der Waals surface area contributed by atoms with E-state index in [9.17, 15) is 4.79 Å². The van der Waals surface area contributed by atoms with E-state index in [0.29, 0.717) is 28.6 Å². The van der Waals surface area contributed by atoms with Crippen LogP contribution in [0.5, 0.6) is 23.0 Å². The summed E-state index contributed by atoms with van der Waals surface area (Å²) in [6.07, 6.45) is 1.01. The Morgan fingerprint density at radius 2 is 1.63 bits per heavy atom. The summed E-state index contributed by atoms with van der Waals surface area (Å²) in [5.41, 5.74) is 1.17. The third kappa shape index (κ3) is 4.81. The molecule has 0 aliphatic carbocycles. The SMILES string of the molecule is COc1ccc(OC)c(C(=O)CN(C2=NCCCS2)c2cc(OC)ccc2OC)c1. The second kappa shape index (κ2) is 10.2. The van der Waals surface area contributed by atoms with E-state index >= 15 is 0 Å². The van der Waals surface area contributed by atoms with Crippen molar-refractivity contribution in [2.45, 2.75) is 6.42 Å². The fraction of sp³-hybridized carbons (Fsp3) is 0.364. The van der Waals surface area contributed by atoms with Gasteiger partial charge in [0.15, 0.2) is 11.0 Å². The second-order valence-corrected chi connectivity index (χ2v) is 7.54. The number of benzene rings is 2. The van der Waals surface area contributed by atoms with Crippen molar-refractivity contribution in [3.63, 3.8) is 0 Å². The van der Waals surface area contributed by atoms with Gasteiger partial charge in [0.25, 0.3) is 0 Å². The highest BCUT2D eigenvalue weighted by atomic mass is 32.2. The van der Waals surface area contributed by atoms with Crippen LogP contribution in [0.2, 0.25) is 0 Å². The van der Waals surface area contributed by atoms with Crippen LogP contribution in [0, 0.1) is 0 Å². The monoisotopic (exact) mass is 430 g/mol. The number of ether oxygens (including phenoxy) is 4. The Morgan fingerprint density at radius 1 is 0.967 bits per heavy atom. The van der Waals surface area contributed by atoms with Crippen LogP contribution in [-0.4, -0.2) is 58.2 Å². The van der Waals surface area contributed by atoms with E-state index in [0.717, 1.165) is 29.6 Å². The fourth-order valence-electron chi connectivity index (χ4n) is 3.14. The topological polar surface area (TPSA) is 69.6 Å². The predicted molar refractivity (Wildman–Crippen MR) is 120 cm³/mol. The molecule has 3 rings (SSSR count). The molecule has 0 spiro atoms. The number of ketones is 1. The summed E-state index contributed by atoms with van der Waals surface area (Å²) >= 11 is 1.62. The van der Waals surface area contributed by atoms with Crippen LogP contribution in [0.3, 0.4) is 0 Å². The van der Waals surface area contributed by atoms with Crippen LogP contribution >= 0.6 is 11.8 Å². The number of thioether (sulfide) groups is 1. The third-order valence-corrected chi connectivity index (χ3v) is 5.80. The molecule has 1 heterocycles. The number of Topliss-reactive ketones (excluding diaryl/α,β-unsaturated/α-hetero) is 1. The summed E-state index contributed by atoms with van der Waals surface area (Å²) in [5.74, 6) is 3.21. The molecule has 0 saturated heterocycles. The number of nitrogens with zero attached hydrogens (tertiary/aromatic N) is 2. The van der Waals surface area contributed by atoms with E-state index in [-0.39, 0.29) is 12.3 Å². The Bertz CT molecular complexity index is 932.